The molecule has 2 aromatic heterocycles. The number of hydrogen-bond donors (Lipinski definition) is 1. The van der Waals surface area contributed by atoms with E-state index in [0.29, 0.717) is 24.3 Å². The number of nitrogens with one attached hydrogen (secondary N) is 1. The molecule has 1 aliphatic heterocycles. The van der Waals surface area contributed by atoms with Crippen molar-refractivity contribution in [2.45, 2.75) is 45.7 Å². The molecule has 0 radical (unpaired) electrons. The Morgan fingerprint density at radius 3 is 2.45 bits per heavy atom. The molecule has 3 atom stereocenters. The second-order valence-corrected chi connectivity index (χ2v) is 8.84. The molecule has 1 saturated heterocycles. The third-order valence-corrected chi connectivity index (χ3v) is 6.36. The van der Waals surface area contributed by atoms with Gasteiger partial charge < -0.3 is 15.0 Å². The number of aryl methyl sites for hydroxylation is 2. The predicted molar refractivity (Wildman–Crippen MR) is 119 cm³/mol. The molecule has 1 aliphatic carbocycles. The van der Waals surface area contributed by atoms with Crippen molar-refractivity contribution in [2.75, 3.05) is 23.3 Å². The van der Waals surface area contributed by atoms with Gasteiger partial charge in [0, 0.05) is 55.6 Å². The molecule has 1 saturated carbocycles. The number of nitrogens with zero attached hydrogens (tertiary/aromatic N) is 6. The molecule has 3 aromatic rings. The zero-order valence-electron chi connectivity index (χ0n) is 18.7. The minimum absolute atomic E-state index is 0.0531. The normalized spacial score (nSPS) is 21.9. The van der Waals surface area contributed by atoms with Gasteiger partial charge in [-0.1, -0.05) is 6.92 Å². The van der Waals surface area contributed by atoms with Gasteiger partial charge in [0.05, 0.1) is 0 Å². The van der Waals surface area contributed by atoms with Gasteiger partial charge in [-0.25, -0.2) is 23.4 Å². The molecule has 8 nitrogen and oxygen atoms in total. The summed E-state index contributed by atoms with van der Waals surface area (Å²) < 4.78 is 34.5. The van der Waals surface area contributed by atoms with Crippen LogP contribution < -0.4 is 15.0 Å². The highest BCUT2D eigenvalue weighted by molar-refractivity contribution is 5.42. The lowest BCUT2D eigenvalue weighted by molar-refractivity contribution is 0.374. The smallest absolute Gasteiger partial charge is 0.322 e. The molecule has 0 unspecified atom stereocenters. The van der Waals surface area contributed by atoms with E-state index in [1.807, 2.05) is 19.9 Å². The maximum absolute atomic E-state index is 13.6. The highest BCUT2D eigenvalue weighted by atomic mass is 19.1. The quantitative estimate of drug-likeness (QED) is 0.572. The van der Waals surface area contributed by atoms with Crippen LogP contribution in [0.3, 0.4) is 0 Å². The van der Waals surface area contributed by atoms with Gasteiger partial charge in [0.15, 0.2) is 0 Å². The number of aromatic nitrogens is 5. The second kappa shape index (κ2) is 8.92. The van der Waals surface area contributed by atoms with Crippen molar-refractivity contribution in [1.29, 1.82) is 0 Å². The molecule has 1 N–H and O–H groups in total. The van der Waals surface area contributed by atoms with Gasteiger partial charge in [0.2, 0.25) is 5.95 Å². The number of benzene rings is 1. The summed E-state index contributed by atoms with van der Waals surface area (Å²) in [7, 11) is 0. The maximum Gasteiger partial charge on any atom is 0.322 e. The van der Waals surface area contributed by atoms with Crippen LogP contribution in [0.1, 0.15) is 31.9 Å². The van der Waals surface area contributed by atoms with Gasteiger partial charge >= 0.3 is 6.01 Å². The summed E-state index contributed by atoms with van der Waals surface area (Å²) in [6.45, 7) is 6.40. The molecule has 2 fully saturated rings. The second-order valence-electron chi connectivity index (χ2n) is 8.84. The lowest BCUT2D eigenvalue weighted by Gasteiger charge is -2.38. The largest absolute Gasteiger partial charge is 0.424 e. The summed E-state index contributed by atoms with van der Waals surface area (Å²) in [5, 5.41) is 8.09. The fourth-order valence-electron chi connectivity index (χ4n) is 4.92. The minimum atomic E-state index is -0.702. The van der Waals surface area contributed by atoms with E-state index in [9.17, 15) is 8.78 Å². The Bertz CT molecular complexity index is 1100. The number of anilines is 2. The minimum Gasteiger partial charge on any atom is -0.424 e. The number of rotatable bonds is 7. The summed E-state index contributed by atoms with van der Waals surface area (Å²) >= 11 is 0. The fraction of sp³-hybridized carbons (Fsp3) is 0.478. The van der Waals surface area contributed by atoms with Gasteiger partial charge in [0.1, 0.15) is 29.5 Å². The van der Waals surface area contributed by atoms with Crippen LogP contribution in [0.2, 0.25) is 0 Å². The third kappa shape index (κ3) is 4.60. The van der Waals surface area contributed by atoms with Crippen LogP contribution in [0.4, 0.5) is 20.5 Å². The average Bonchev–Trinajstić information content (AvgIpc) is 3.22. The molecule has 1 aromatic carbocycles. The first kappa shape index (κ1) is 21.5. The first-order chi connectivity index (χ1) is 16.0. The predicted octanol–water partition coefficient (Wildman–Crippen LogP) is 4.18. The maximum atomic E-state index is 13.6. The van der Waals surface area contributed by atoms with Crippen LogP contribution >= 0.6 is 0 Å². The third-order valence-electron chi connectivity index (χ3n) is 6.36. The summed E-state index contributed by atoms with van der Waals surface area (Å²) in [5.74, 6) is 0.985. The lowest BCUT2D eigenvalue weighted by Crippen LogP contribution is -2.48. The van der Waals surface area contributed by atoms with Crippen LogP contribution in [0, 0.1) is 30.4 Å². The summed E-state index contributed by atoms with van der Waals surface area (Å²) in [5.41, 5.74) is 0.962. The van der Waals surface area contributed by atoms with Crippen molar-refractivity contribution in [3.63, 3.8) is 0 Å². The Kier molecular flexibility index (Phi) is 5.82. The van der Waals surface area contributed by atoms with Crippen molar-refractivity contribution < 1.29 is 13.5 Å². The fourth-order valence-corrected chi connectivity index (χ4v) is 4.92. The molecule has 10 heteroatoms. The number of hydrogen-bond acceptors (Lipinski definition) is 7. The molecule has 0 spiro atoms. The topological polar surface area (TPSA) is 81.0 Å². The van der Waals surface area contributed by atoms with Crippen LogP contribution in [0.5, 0.6) is 11.8 Å². The van der Waals surface area contributed by atoms with E-state index in [1.165, 1.54) is 0 Å². The van der Waals surface area contributed by atoms with Gasteiger partial charge in [0.25, 0.3) is 0 Å². The van der Waals surface area contributed by atoms with Crippen LogP contribution in [0.15, 0.2) is 30.6 Å². The van der Waals surface area contributed by atoms with Gasteiger partial charge in [-0.2, -0.15) is 4.98 Å². The van der Waals surface area contributed by atoms with E-state index in [2.05, 4.69) is 30.3 Å². The number of piperidine rings is 1. The van der Waals surface area contributed by atoms with Crippen molar-refractivity contribution >= 4 is 11.8 Å². The first-order valence-corrected chi connectivity index (χ1v) is 11.4. The molecule has 33 heavy (non-hydrogen) atoms. The first-order valence-electron chi connectivity index (χ1n) is 11.4. The van der Waals surface area contributed by atoms with Crippen molar-refractivity contribution in [2.24, 2.45) is 11.8 Å². The van der Waals surface area contributed by atoms with E-state index in [1.54, 1.807) is 11.0 Å². The number of ether oxygens (including phenoxy) is 1. The molecular weight excluding hydrogens is 428 g/mol. The highest BCUT2D eigenvalue weighted by Crippen LogP contribution is 2.39. The van der Waals surface area contributed by atoms with E-state index in [0.717, 1.165) is 62.1 Å². The Labute approximate surface area is 191 Å². The van der Waals surface area contributed by atoms with Gasteiger partial charge in [-0.3, -0.25) is 0 Å². The Morgan fingerprint density at radius 1 is 1.06 bits per heavy atom. The van der Waals surface area contributed by atoms with Crippen molar-refractivity contribution in [3.8, 4) is 11.8 Å². The Hall–Kier alpha value is -3.30. The van der Waals surface area contributed by atoms with Crippen molar-refractivity contribution in [1.82, 2.24) is 24.7 Å². The molecule has 3 heterocycles. The monoisotopic (exact) mass is 455 g/mol. The Balaban J connectivity index is 1.32. The Morgan fingerprint density at radius 2 is 1.79 bits per heavy atom. The zero-order valence-corrected chi connectivity index (χ0v) is 18.7. The van der Waals surface area contributed by atoms with Crippen LogP contribution in [0.25, 0.3) is 0 Å². The van der Waals surface area contributed by atoms with E-state index in [-0.39, 0.29) is 17.8 Å². The SMILES string of the molecule is CCCn1nc(N[C@H]2[C@@H]3CC[C@H]2CN(c2cc(C)ncn2)C3)nc1Oc1cc(F)cc(F)c1. The van der Waals surface area contributed by atoms with Crippen LogP contribution in [-0.4, -0.2) is 43.9 Å². The molecular formula is C23H27F2N7O. The summed E-state index contributed by atoms with van der Waals surface area (Å²) in [4.78, 5) is 15.5. The van der Waals surface area contributed by atoms with E-state index in [4.69, 9.17) is 4.74 Å². The van der Waals surface area contributed by atoms with E-state index < -0.39 is 11.6 Å². The molecule has 2 aliphatic rings. The number of halogens is 2. The molecule has 5 rings (SSSR count). The zero-order chi connectivity index (χ0) is 22.9. The highest BCUT2D eigenvalue weighted by Gasteiger charge is 2.43. The standard InChI is InChI=1S/C23H27F2N7O/c1-3-6-32-23(33-19-9-17(24)8-18(25)10-19)29-22(30-32)28-21-15-4-5-16(21)12-31(11-15)20-7-14(2)26-13-27-20/h7-10,13,15-16,21H,3-6,11-12H2,1-2H3,(H,28,30)/t15-,16+,21+. The van der Waals surface area contributed by atoms with Gasteiger partial charge in [-0.15, -0.1) is 5.10 Å². The summed E-state index contributed by atoms with van der Waals surface area (Å²) in [6.07, 6.45) is 4.70. The molecule has 0 amide bonds. The average molecular weight is 456 g/mol. The summed E-state index contributed by atoms with van der Waals surface area (Å²) in [6, 6.07) is 5.56. The van der Waals surface area contributed by atoms with E-state index >= 15 is 0 Å². The molecule has 2 bridgehead atoms. The number of fused-ring (bicyclic) bond motifs is 2. The lowest BCUT2D eigenvalue weighted by atomic mass is 9.92. The van der Waals surface area contributed by atoms with Gasteiger partial charge in [-0.05, 0) is 38.0 Å². The van der Waals surface area contributed by atoms with Crippen LogP contribution in [-0.2, 0) is 6.54 Å². The van der Waals surface area contributed by atoms with Crippen molar-refractivity contribution in [3.05, 3.63) is 47.9 Å². The molecule has 174 valence electrons.